The molecule has 0 aromatic carbocycles. The van der Waals surface area contributed by atoms with Gasteiger partial charge in [-0.2, -0.15) is 0 Å². The number of aliphatic hydroxyl groups excluding tert-OH is 3. The first-order chi connectivity index (χ1) is 10.2. The van der Waals surface area contributed by atoms with Crippen molar-refractivity contribution < 1.29 is 15.3 Å². The molecule has 21 heavy (non-hydrogen) atoms. The first-order valence-corrected chi connectivity index (χ1v) is 7.45. The molecule has 0 saturated carbocycles. The van der Waals surface area contributed by atoms with Crippen LogP contribution in [0.3, 0.4) is 0 Å². The maximum atomic E-state index is 9.65. The fourth-order valence-corrected chi connectivity index (χ4v) is 1.59. The highest BCUT2D eigenvalue weighted by molar-refractivity contribution is 5.28. The van der Waals surface area contributed by atoms with Crippen molar-refractivity contribution in [1.82, 2.24) is 0 Å². The van der Waals surface area contributed by atoms with Gasteiger partial charge in [0, 0.05) is 13.0 Å². The summed E-state index contributed by atoms with van der Waals surface area (Å²) in [6.45, 7) is 3.68. The second-order valence-corrected chi connectivity index (χ2v) is 4.73. The van der Waals surface area contributed by atoms with Crippen molar-refractivity contribution in [1.29, 1.82) is 0 Å². The van der Waals surface area contributed by atoms with E-state index in [1.807, 2.05) is 6.08 Å². The lowest BCUT2D eigenvalue weighted by Gasteiger charge is -1.99. The lowest BCUT2D eigenvalue weighted by molar-refractivity contribution is 0.229. The van der Waals surface area contributed by atoms with E-state index in [2.05, 4.69) is 30.3 Å². The fourth-order valence-electron chi connectivity index (χ4n) is 1.59. The summed E-state index contributed by atoms with van der Waals surface area (Å²) in [6.07, 6.45) is 10.3. The Labute approximate surface area is 128 Å². The second-order valence-electron chi connectivity index (χ2n) is 4.73. The van der Waals surface area contributed by atoms with Crippen LogP contribution in [0.25, 0.3) is 0 Å². The zero-order valence-corrected chi connectivity index (χ0v) is 12.6. The Morgan fingerprint density at radius 3 is 2.43 bits per heavy atom. The van der Waals surface area contributed by atoms with Crippen molar-refractivity contribution in [2.75, 3.05) is 6.61 Å². The van der Waals surface area contributed by atoms with Gasteiger partial charge < -0.3 is 15.3 Å². The highest BCUT2D eigenvalue weighted by Crippen LogP contribution is 2.06. The highest BCUT2D eigenvalue weighted by Gasteiger charge is 1.94. The number of unbranched alkanes of at least 4 members (excludes halogenated alkanes) is 5. The third-order valence-corrected chi connectivity index (χ3v) is 2.79. The van der Waals surface area contributed by atoms with E-state index < -0.39 is 12.2 Å². The fraction of sp³-hybridized carbons (Fsp3) is 0.556. The lowest BCUT2D eigenvalue weighted by atomic mass is 10.1. The predicted octanol–water partition coefficient (Wildman–Crippen LogP) is 2.18. The highest BCUT2D eigenvalue weighted by atomic mass is 16.3. The number of rotatable bonds is 10. The molecule has 0 aliphatic carbocycles. The van der Waals surface area contributed by atoms with Crippen LogP contribution in [0.2, 0.25) is 0 Å². The van der Waals surface area contributed by atoms with Crippen LogP contribution in [-0.4, -0.2) is 34.1 Å². The molecule has 0 aromatic heterocycles. The Morgan fingerprint density at radius 2 is 1.71 bits per heavy atom. The van der Waals surface area contributed by atoms with Crippen LogP contribution < -0.4 is 0 Å². The van der Waals surface area contributed by atoms with Gasteiger partial charge in [-0.1, -0.05) is 55.9 Å². The molecule has 0 rings (SSSR count). The van der Waals surface area contributed by atoms with Gasteiger partial charge >= 0.3 is 0 Å². The molecule has 3 nitrogen and oxygen atoms in total. The standard InChI is InChI=1S/C18H26O3/c1-2-17(20)13-10-8-11-15-18(21)14-9-6-4-3-5-7-12-16-19/h2,9,14,17-21H,1,3-7,12,15-16H2/b14-9-/t17-,18-/m0/s1. The van der Waals surface area contributed by atoms with Crippen LogP contribution in [0.5, 0.6) is 0 Å². The van der Waals surface area contributed by atoms with E-state index in [1.54, 1.807) is 6.08 Å². The summed E-state index contributed by atoms with van der Waals surface area (Å²) in [7, 11) is 0. The van der Waals surface area contributed by atoms with Crippen molar-refractivity contribution in [3.63, 3.8) is 0 Å². The molecule has 0 radical (unpaired) electrons. The molecule has 2 atom stereocenters. The number of hydrogen-bond acceptors (Lipinski definition) is 3. The van der Waals surface area contributed by atoms with Crippen LogP contribution in [0.15, 0.2) is 24.8 Å². The molecule has 0 saturated heterocycles. The molecule has 3 N–H and O–H groups in total. The summed E-state index contributed by atoms with van der Waals surface area (Å²) in [5.74, 6) is 10.3. The third kappa shape index (κ3) is 14.7. The van der Waals surface area contributed by atoms with Gasteiger partial charge in [0.15, 0.2) is 0 Å². The van der Waals surface area contributed by atoms with Crippen molar-refractivity contribution >= 4 is 0 Å². The maximum absolute atomic E-state index is 9.65. The first kappa shape index (κ1) is 19.5. The SMILES string of the molecule is C=C[C@H](O)C#CC#CC[C@@H](O)/C=C\CCCCCCCO. The number of hydrogen-bond donors (Lipinski definition) is 3. The average molecular weight is 290 g/mol. The van der Waals surface area contributed by atoms with Gasteiger partial charge in [0.1, 0.15) is 6.10 Å². The van der Waals surface area contributed by atoms with Crippen LogP contribution >= 0.6 is 0 Å². The Balaban J connectivity index is 3.66. The normalized spacial score (nSPS) is 12.9. The van der Waals surface area contributed by atoms with Gasteiger partial charge in [0.05, 0.1) is 6.10 Å². The minimum atomic E-state index is -0.846. The van der Waals surface area contributed by atoms with Crippen LogP contribution in [0, 0.1) is 23.7 Å². The predicted molar refractivity (Wildman–Crippen MR) is 86.3 cm³/mol. The van der Waals surface area contributed by atoms with E-state index in [0.29, 0.717) is 6.42 Å². The van der Waals surface area contributed by atoms with Crippen molar-refractivity contribution in [3.05, 3.63) is 24.8 Å². The van der Waals surface area contributed by atoms with Gasteiger partial charge in [0.2, 0.25) is 0 Å². The number of allylic oxidation sites excluding steroid dienone is 1. The summed E-state index contributed by atoms with van der Waals surface area (Å²) in [6, 6.07) is 0. The molecule has 0 amide bonds. The smallest absolute Gasteiger partial charge is 0.134 e. The largest absolute Gasteiger partial charge is 0.396 e. The second kappa shape index (κ2) is 14.9. The monoisotopic (exact) mass is 290 g/mol. The van der Waals surface area contributed by atoms with E-state index >= 15 is 0 Å². The molecule has 0 heterocycles. The summed E-state index contributed by atoms with van der Waals surface area (Å²) in [5, 5.41) is 27.4. The zero-order chi connectivity index (χ0) is 15.8. The van der Waals surface area contributed by atoms with E-state index in [4.69, 9.17) is 10.2 Å². The topological polar surface area (TPSA) is 60.7 Å². The Bertz CT molecular complexity index is 404. The molecule has 0 bridgehead atoms. The molecule has 116 valence electrons. The molecule has 0 spiro atoms. The lowest BCUT2D eigenvalue weighted by Crippen LogP contribution is -1.99. The first-order valence-electron chi connectivity index (χ1n) is 7.45. The quantitative estimate of drug-likeness (QED) is 0.328. The molecule has 0 aliphatic rings. The van der Waals surface area contributed by atoms with Gasteiger partial charge in [0.25, 0.3) is 0 Å². The molecule has 3 heteroatoms. The maximum Gasteiger partial charge on any atom is 0.134 e. The molecule has 0 aromatic rings. The third-order valence-electron chi connectivity index (χ3n) is 2.79. The van der Waals surface area contributed by atoms with Crippen LogP contribution in [-0.2, 0) is 0 Å². The molecule has 0 aliphatic heterocycles. The Hall–Kier alpha value is -1.52. The van der Waals surface area contributed by atoms with Gasteiger partial charge in [-0.05, 0) is 31.1 Å². The zero-order valence-electron chi connectivity index (χ0n) is 12.6. The van der Waals surface area contributed by atoms with Crippen molar-refractivity contribution in [2.24, 2.45) is 0 Å². The molecule has 0 unspecified atom stereocenters. The van der Waals surface area contributed by atoms with Crippen LogP contribution in [0.1, 0.15) is 44.9 Å². The Kier molecular flexibility index (Phi) is 13.8. The average Bonchev–Trinajstić information content (AvgIpc) is 2.49. The van der Waals surface area contributed by atoms with Crippen LogP contribution in [0.4, 0.5) is 0 Å². The summed E-state index contributed by atoms with van der Waals surface area (Å²) in [5.41, 5.74) is 0. The van der Waals surface area contributed by atoms with Gasteiger partial charge in [-0.25, -0.2) is 0 Å². The summed E-state index contributed by atoms with van der Waals surface area (Å²) >= 11 is 0. The van der Waals surface area contributed by atoms with Gasteiger partial charge in [-0.15, -0.1) is 0 Å². The van der Waals surface area contributed by atoms with Crippen molar-refractivity contribution in [3.8, 4) is 23.7 Å². The van der Waals surface area contributed by atoms with E-state index in [9.17, 15) is 5.11 Å². The Morgan fingerprint density at radius 1 is 1.00 bits per heavy atom. The summed E-state index contributed by atoms with van der Waals surface area (Å²) < 4.78 is 0. The molecule has 0 fully saturated rings. The number of aliphatic hydroxyl groups is 3. The van der Waals surface area contributed by atoms with E-state index in [1.165, 1.54) is 6.08 Å². The van der Waals surface area contributed by atoms with E-state index in [-0.39, 0.29) is 6.61 Å². The van der Waals surface area contributed by atoms with E-state index in [0.717, 1.165) is 38.5 Å². The molecular formula is C18H26O3. The minimum Gasteiger partial charge on any atom is -0.396 e. The summed E-state index contributed by atoms with van der Waals surface area (Å²) in [4.78, 5) is 0. The molecular weight excluding hydrogens is 264 g/mol. The van der Waals surface area contributed by atoms with Crippen molar-refractivity contribution in [2.45, 2.75) is 57.2 Å². The van der Waals surface area contributed by atoms with Gasteiger partial charge in [-0.3, -0.25) is 0 Å². The minimum absolute atomic E-state index is 0.282.